The normalized spacial score (nSPS) is 12.2. The van der Waals surface area contributed by atoms with Gasteiger partial charge in [0.2, 0.25) is 0 Å². The van der Waals surface area contributed by atoms with Crippen molar-refractivity contribution < 1.29 is 14.3 Å². The molecule has 1 aromatic rings. The molecule has 0 unspecified atom stereocenters. The summed E-state index contributed by atoms with van der Waals surface area (Å²) < 4.78 is 13.1. The SMILES string of the molecule is C#CCN(C)[C@H](C(=O)O)c1ccc(F)c(C)c1. The molecule has 0 bridgehead atoms. The molecule has 17 heavy (non-hydrogen) atoms. The molecule has 1 rings (SSSR count). The van der Waals surface area contributed by atoms with Crippen LogP contribution in [0.1, 0.15) is 17.2 Å². The Morgan fingerprint density at radius 2 is 2.29 bits per heavy atom. The number of hydrogen-bond acceptors (Lipinski definition) is 2. The van der Waals surface area contributed by atoms with E-state index in [-0.39, 0.29) is 12.4 Å². The second-order valence-corrected chi connectivity index (χ2v) is 3.87. The van der Waals surface area contributed by atoms with Gasteiger partial charge < -0.3 is 5.11 Å². The minimum absolute atomic E-state index is 0.216. The zero-order chi connectivity index (χ0) is 13.0. The molecule has 0 saturated heterocycles. The molecule has 0 aliphatic carbocycles. The standard InChI is InChI=1S/C13H14FNO2/c1-4-7-15(3)12(13(16)17)10-5-6-11(14)9(2)8-10/h1,5-6,8,12H,7H2,2-3H3,(H,16,17)/t12-/m0/s1. The van der Waals surface area contributed by atoms with Crippen molar-refractivity contribution in [3.05, 3.63) is 35.1 Å². The molecular weight excluding hydrogens is 221 g/mol. The monoisotopic (exact) mass is 235 g/mol. The number of aliphatic carboxylic acids is 1. The molecule has 0 heterocycles. The summed E-state index contributed by atoms with van der Waals surface area (Å²) in [7, 11) is 1.62. The highest BCUT2D eigenvalue weighted by Gasteiger charge is 2.24. The third kappa shape index (κ3) is 3.05. The third-order valence-corrected chi connectivity index (χ3v) is 2.51. The molecule has 0 aromatic heterocycles. The molecule has 0 aliphatic rings. The molecule has 90 valence electrons. The van der Waals surface area contributed by atoms with Gasteiger partial charge in [-0.3, -0.25) is 9.69 Å². The average Bonchev–Trinajstić information content (AvgIpc) is 2.23. The van der Waals surface area contributed by atoms with Gasteiger partial charge in [-0.25, -0.2) is 4.39 Å². The fourth-order valence-electron chi connectivity index (χ4n) is 1.66. The number of aryl methyl sites for hydroxylation is 1. The smallest absolute Gasteiger partial charge is 0.325 e. The summed E-state index contributed by atoms with van der Waals surface area (Å²) in [6.45, 7) is 1.81. The van der Waals surface area contributed by atoms with E-state index in [9.17, 15) is 14.3 Å². The van der Waals surface area contributed by atoms with E-state index in [1.807, 2.05) is 0 Å². The van der Waals surface area contributed by atoms with Gasteiger partial charge in [0.25, 0.3) is 0 Å². The lowest BCUT2D eigenvalue weighted by molar-refractivity contribution is -0.142. The summed E-state index contributed by atoms with van der Waals surface area (Å²) in [6, 6.07) is 3.41. The lowest BCUT2D eigenvalue weighted by Crippen LogP contribution is -2.31. The van der Waals surface area contributed by atoms with Crippen LogP contribution in [0.4, 0.5) is 4.39 Å². The topological polar surface area (TPSA) is 40.5 Å². The van der Waals surface area contributed by atoms with Gasteiger partial charge in [-0.05, 0) is 31.2 Å². The van der Waals surface area contributed by atoms with Crippen LogP contribution in [-0.2, 0) is 4.79 Å². The fraction of sp³-hybridized carbons (Fsp3) is 0.308. The van der Waals surface area contributed by atoms with Crippen LogP contribution in [0.2, 0.25) is 0 Å². The van der Waals surface area contributed by atoms with Crippen molar-refractivity contribution in [1.82, 2.24) is 4.90 Å². The Bertz CT molecular complexity index is 465. The van der Waals surface area contributed by atoms with Crippen LogP contribution in [0, 0.1) is 25.1 Å². The zero-order valence-corrected chi connectivity index (χ0v) is 9.77. The maximum absolute atomic E-state index is 13.1. The Balaban J connectivity index is 3.10. The van der Waals surface area contributed by atoms with Gasteiger partial charge in [-0.2, -0.15) is 0 Å². The highest BCUT2D eigenvalue weighted by molar-refractivity contribution is 5.75. The van der Waals surface area contributed by atoms with E-state index in [0.29, 0.717) is 11.1 Å². The molecule has 1 atom stereocenters. The minimum atomic E-state index is -1.01. The molecule has 3 nitrogen and oxygen atoms in total. The van der Waals surface area contributed by atoms with E-state index < -0.39 is 12.0 Å². The lowest BCUT2D eigenvalue weighted by atomic mass is 10.0. The number of carboxylic acids is 1. The molecule has 0 aliphatic heterocycles. The molecule has 0 amide bonds. The van der Waals surface area contributed by atoms with Crippen molar-refractivity contribution in [2.24, 2.45) is 0 Å². The number of carbonyl (C=O) groups is 1. The van der Waals surface area contributed by atoms with Crippen molar-refractivity contribution in [1.29, 1.82) is 0 Å². The molecule has 1 aromatic carbocycles. The summed E-state index contributed by atoms with van der Waals surface area (Å²) >= 11 is 0. The van der Waals surface area contributed by atoms with Crippen molar-refractivity contribution in [3.63, 3.8) is 0 Å². The number of terminal acetylenes is 1. The highest BCUT2D eigenvalue weighted by Crippen LogP contribution is 2.21. The number of benzene rings is 1. The summed E-state index contributed by atoms with van der Waals surface area (Å²) in [6.07, 6.45) is 5.15. The van der Waals surface area contributed by atoms with E-state index in [0.717, 1.165) is 0 Å². The van der Waals surface area contributed by atoms with Gasteiger partial charge in [0.15, 0.2) is 0 Å². The van der Waals surface area contributed by atoms with Crippen LogP contribution >= 0.6 is 0 Å². The molecule has 0 spiro atoms. The van der Waals surface area contributed by atoms with Crippen LogP contribution in [-0.4, -0.2) is 29.6 Å². The van der Waals surface area contributed by atoms with Crippen LogP contribution in [0.5, 0.6) is 0 Å². The van der Waals surface area contributed by atoms with Crippen molar-refractivity contribution >= 4 is 5.97 Å². The van der Waals surface area contributed by atoms with Crippen molar-refractivity contribution in [3.8, 4) is 12.3 Å². The first kappa shape index (κ1) is 13.2. The van der Waals surface area contributed by atoms with E-state index >= 15 is 0 Å². The van der Waals surface area contributed by atoms with Gasteiger partial charge >= 0.3 is 5.97 Å². The zero-order valence-electron chi connectivity index (χ0n) is 9.77. The Hall–Kier alpha value is -1.86. The first-order valence-corrected chi connectivity index (χ1v) is 5.10. The number of hydrogen-bond donors (Lipinski definition) is 1. The summed E-state index contributed by atoms with van der Waals surface area (Å²) in [5.41, 5.74) is 0.942. The molecular formula is C13H14FNO2. The average molecular weight is 235 g/mol. The summed E-state index contributed by atoms with van der Waals surface area (Å²) in [5, 5.41) is 9.18. The number of halogens is 1. The maximum Gasteiger partial charge on any atom is 0.325 e. The van der Waals surface area contributed by atoms with E-state index in [4.69, 9.17) is 6.42 Å². The summed E-state index contributed by atoms with van der Waals surface area (Å²) in [5.74, 6) is 1.03. The lowest BCUT2D eigenvalue weighted by Gasteiger charge is -2.23. The first-order chi connectivity index (χ1) is 7.97. The molecule has 0 saturated carbocycles. The number of likely N-dealkylation sites (N-methyl/N-ethyl adjacent to an activating group) is 1. The largest absolute Gasteiger partial charge is 0.480 e. The quantitative estimate of drug-likeness (QED) is 0.809. The Morgan fingerprint density at radius 3 is 2.76 bits per heavy atom. The van der Waals surface area contributed by atoms with Gasteiger partial charge in [0.05, 0.1) is 6.54 Å². The molecule has 4 heteroatoms. The van der Waals surface area contributed by atoms with E-state index in [1.54, 1.807) is 14.0 Å². The molecule has 0 fully saturated rings. The molecule has 0 radical (unpaired) electrons. The molecule has 1 N–H and O–H groups in total. The minimum Gasteiger partial charge on any atom is -0.480 e. The predicted molar refractivity (Wildman–Crippen MR) is 63.0 cm³/mol. The number of rotatable bonds is 4. The van der Waals surface area contributed by atoms with Gasteiger partial charge in [0, 0.05) is 0 Å². The second-order valence-electron chi connectivity index (χ2n) is 3.87. The van der Waals surface area contributed by atoms with Crippen molar-refractivity contribution in [2.45, 2.75) is 13.0 Å². The maximum atomic E-state index is 13.1. The Kier molecular flexibility index (Phi) is 4.24. The number of nitrogens with zero attached hydrogens (tertiary/aromatic N) is 1. The van der Waals surface area contributed by atoms with Crippen molar-refractivity contribution in [2.75, 3.05) is 13.6 Å². The summed E-state index contributed by atoms with van der Waals surface area (Å²) in [4.78, 5) is 12.7. The number of carboxylic acid groups (broad SMARTS) is 1. The Labute approximate surface area is 99.9 Å². The Morgan fingerprint density at radius 1 is 1.65 bits per heavy atom. The van der Waals surface area contributed by atoms with E-state index in [2.05, 4.69) is 5.92 Å². The van der Waals surface area contributed by atoms with E-state index in [1.165, 1.54) is 23.1 Å². The van der Waals surface area contributed by atoms with Gasteiger partial charge in [-0.15, -0.1) is 6.42 Å². The third-order valence-electron chi connectivity index (χ3n) is 2.51. The highest BCUT2D eigenvalue weighted by atomic mass is 19.1. The first-order valence-electron chi connectivity index (χ1n) is 5.10. The van der Waals surface area contributed by atoms with Crippen LogP contribution in [0.25, 0.3) is 0 Å². The van der Waals surface area contributed by atoms with Crippen LogP contribution in [0.3, 0.4) is 0 Å². The van der Waals surface area contributed by atoms with Crippen LogP contribution in [0.15, 0.2) is 18.2 Å². The van der Waals surface area contributed by atoms with Gasteiger partial charge in [0.1, 0.15) is 11.9 Å². The second kappa shape index (κ2) is 5.46. The fourth-order valence-corrected chi connectivity index (χ4v) is 1.66. The van der Waals surface area contributed by atoms with Gasteiger partial charge in [-0.1, -0.05) is 18.1 Å². The predicted octanol–water partition coefficient (Wildman–Crippen LogP) is 1.82. The van der Waals surface area contributed by atoms with Crippen LogP contribution < -0.4 is 0 Å².